The second kappa shape index (κ2) is 6.56. The minimum atomic E-state index is 0.164. The van der Waals surface area contributed by atoms with Crippen molar-refractivity contribution in [2.24, 2.45) is 0 Å². The Kier molecular flexibility index (Phi) is 5.03. The summed E-state index contributed by atoms with van der Waals surface area (Å²) in [5, 5.41) is 4.10. The number of nitrogens with one attached hydrogen (secondary N) is 1. The fourth-order valence-electron chi connectivity index (χ4n) is 2.18. The van der Waals surface area contributed by atoms with Crippen LogP contribution in [0.4, 0.5) is 0 Å². The summed E-state index contributed by atoms with van der Waals surface area (Å²) in [5.41, 5.74) is 3.80. The molecule has 1 atom stereocenters. The minimum Gasteiger partial charge on any atom is -0.309 e. The van der Waals surface area contributed by atoms with E-state index in [1.54, 1.807) is 0 Å². The predicted molar refractivity (Wildman–Crippen MR) is 85.9 cm³/mol. The zero-order valence-corrected chi connectivity index (χ0v) is 13.4. The Balaban J connectivity index is 2.37. The van der Waals surface area contributed by atoms with Crippen molar-refractivity contribution >= 4 is 27.5 Å². The topological polar surface area (TPSA) is 12.0 Å². The van der Waals surface area contributed by atoms with Gasteiger partial charge in [-0.1, -0.05) is 64.8 Å². The van der Waals surface area contributed by atoms with E-state index in [-0.39, 0.29) is 6.04 Å². The van der Waals surface area contributed by atoms with Gasteiger partial charge in [0.1, 0.15) is 0 Å². The van der Waals surface area contributed by atoms with Gasteiger partial charge in [0.15, 0.2) is 0 Å². The lowest BCUT2D eigenvalue weighted by atomic mass is 9.97. The molecule has 0 aliphatic carbocycles. The second-order valence-corrected chi connectivity index (χ2v) is 5.77. The van der Waals surface area contributed by atoms with Gasteiger partial charge in [-0.25, -0.2) is 0 Å². The Morgan fingerprint density at radius 2 is 1.84 bits per heavy atom. The summed E-state index contributed by atoms with van der Waals surface area (Å²) in [6.45, 7) is 2.17. The fraction of sp³-hybridized carbons (Fsp3) is 0.250. The molecule has 19 heavy (non-hydrogen) atoms. The van der Waals surface area contributed by atoms with Gasteiger partial charge in [0, 0.05) is 9.50 Å². The minimum absolute atomic E-state index is 0.164. The molecular weight excluding hydrogens is 322 g/mol. The van der Waals surface area contributed by atoms with Gasteiger partial charge in [0.25, 0.3) is 0 Å². The van der Waals surface area contributed by atoms with Crippen molar-refractivity contribution in [3.63, 3.8) is 0 Å². The van der Waals surface area contributed by atoms with Crippen molar-refractivity contribution in [1.29, 1.82) is 0 Å². The largest absolute Gasteiger partial charge is 0.309 e. The van der Waals surface area contributed by atoms with Gasteiger partial charge in [0.05, 0.1) is 6.04 Å². The van der Waals surface area contributed by atoms with E-state index in [4.69, 9.17) is 11.6 Å². The smallest absolute Gasteiger partial charge is 0.0585 e. The summed E-state index contributed by atoms with van der Waals surface area (Å²) < 4.78 is 1.03. The quantitative estimate of drug-likeness (QED) is 0.829. The second-order valence-electron chi connectivity index (χ2n) is 4.48. The molecule has 0 spiro atoms. The van der Waals surface area contributed by atoms with E-state index < -0.39 is 0 Å². The molecule has 0 bridgehead atoms. The van der Waals surface area contributed by atoms with Crippen molar-refractivity contribution in [2.45, 2.75) is 19.4 Å². The lowest BCUT2D eigenvalue weighted by Crippen LogP contribution is -2.18. The van der Waals surface area contributed by atoms with Gasteiger partial charge in [-0.15, -0.1) is 0 Å². The number of aryl methyl sites for hydroxylation is 1. The first-order valence-corrected chi connectivity index (χ1v) is 7.54. The third kappa shape index (κ3) is 3.38. The normalized spacial score (nSPS) is 12.4. The average molecular weight is 339 g/mol. The van der Waals surface area contributed by atoms with E-state index in [0.29, 0.717) is 0 Å². The fourth-order valence-corrected chi connectivity index (χ4v) is 3.09. The number of halogens is 2. The highest BCUT2D eigenvalue weighted by atomic mass is 79.9. The van der Waals surface area contributed by atoms with Gasteiger partial charge in [0.2, 0.25) is 0 Å². The molecule has 100 valence electrons. The standard InChI is InChI=1S/C16H17BrClN/c1-3-11-4-6-12(7-5-11)16(19-2)14-9-8-13(18)10-15(14)17/h4-10,16,19H,3H2,1-2H3. The molecule has 0 aliphatic rings. The molecule has 0 heterocycles. The number of hydrogen-bond donors (Lipinski definition) is 1. The monoisotopic (exact) mass is 337 g/mol. The van der Waals surface area contributed by atoms with Crippen LogP contribution in [0.3, 0.4) is 0 Å². The van der Waals surface area contributed by atoms with Crippen LogP contribution in [0.5, 0.6) is 0 Å². The Hall–Kier alpha value is -0.830. The molecule has 0 saturated carbocycles. The maximum absolute atomic E-state index is 6.00. The first-order valence-electron chi connectivity index (χ1n) is 6.36. The van der Waals surface area contributed by atoms with Crippen LogP contribution in [-0.2, 0) is 6.42 Å². The van der Waals surface area contributed by atoms with E-state index in [9.17, 15) is 0 Å². The highest BCUT2D eigenvalue weighted by molar-refractivity contribution is 9.10. The third-order valence-corrected chi connectivity index (χ3v) is 4.21. The molecule has 1 N–H and O–H groups in total. The van der Waals surface area contributed by atoms with Crippen LogP contribution in [0.1, 0.15) is 29.7 Å². The van der Waals surface area contributed by atoms with Crippen LogP contribution < -0.4 is 5.32 Å². The van der Waals surface area contributed by atoms with Gasteiger partial charge >= 0.3 is 0 Å². The van der Waals surface area contributed by atoms with Gasteiger partial charge < -0.3 is 5.32 Å². The van der Waals surface area contributed by atoms with E-state index >= 15 is 0 Å². The summed E-state index contributed by atoms with van der Waals surface area (Å²) in [4.78, 5) is 0. The summed E-state index contributed by atoms with van der Waals surface area (Å²) in [6, 6.07) is 14.8. The van der Waals surface area contributed by atoms with Crippen molar-refractivity contribution in [1.82, 2.24) is 5.32 Å². The van der Waals surface area contributed by atoms with Crippen LogP contribution in [0, 0.1) is 0 Å². The lowest BCUT2D eigenvalue weighted by Gasteiger charge is -2.19. The maximum Gasteiger partial charge on any atom is 0.0585 e. The maximum atomic E-state index is 6.00. The van der Waals surface area contributed by atoms with E-state index in [1.165, 1.54) is 16.7 Å². The van der Waals surface area contributed by atoms with Gasteiger partial charge in [-0.2, -0.15) is 0 Å². The molecule has 2 aromatic rings. The van der Waals surface area contributed by atoms with Crippen molar-refractivity contribution in [3.8, 4) is 0 Å². The zero-order valence-electron chi connectivity index (χ0n) is 11.1. The molecule has 0 radical (unpaired) electrons. The number of hydrogen-bond acceptors (Lipinski definition) is 1. The first kappa shape index (κ1) is 14.6. The molecule has 2 aromatic carbocycles. The first-order chi connectivity index (χ1) is 9.15. The van der Waals surface area contributed by atoms with E-state index in [0.717, 1.165) is 15.9 Å². The lowest BCUT2D eigenvalue weighted by molar-refractivity contribution is 0.688. The van der Waals surface area contributed by atoms with E-state index in [1.807, 2.05) is 19.2 Å². The van der Waals surface area contributed by atoms with Crippen molar-refractivity contribution in [3.05, 3.63) is 68.7 Å². The van der Waals surface area contributed by atoms with Crippen molar-refractivity contribution < 1.29 is 0 Å². The average Bonchev–Trinajstić information content (AvgIpc) is 2.42. The van der Waals surface area contributed by atoms with Gasteiger partial charge in [-0.05, 0) is 42.3 Å². The van der Waals surface area contributed by atoms with Crippen LogP contribution in [-0.4, -0.2) is 7.05 Å². The highest BCUT2D eigenvalue weighted by Crippen LogP contribution is 2.30. The van der Waals surface area contributed by atoms with E-state index in [2.05, 4.69) is 58.5 Å². The summed E-state index contributed by atoms with van der Waals surface area (Å²) in [5.74, 6) is 0. The molecule has 3 heteroatoms. The Morgan fingerprint density at radius 1 is 1.16 bits per heavy atom. The van der Waals surface area contributed by atoms with Crippen molar-refractivity contribution in [2.75, 3.05) is 7.05 Å². The Bertz CT molecular complexity index is 551. The number of benzene rings is 2. The molecule has 0 fully saturated rings. The van der Waals surface area contributed by atoms with Gasteiger partial charge in [-0.3, -0.25) is 0 Å². The molecule has 0 aliphatic heterocycles. The van der Waals surface area contributed by atoms with Crippen LogP contribution in [0.2, 0.25) is 5.02 Å². The molecule has 1 unspecified atom stereocenters. The third-order valence-electron chi connectivity index (χ3n) is 3.28. The van der Waals surface area contributed by atoms with Crippen LogP contribution >= 0.6 is 27.5 Å². The van der Waals surface area contributed by atoms with Crippen LogP contribution in [0.25, 0.3) is 0 Å². The molecule has 2 rings (SSSR count). The molecule has 0 aromatic heterocycles. The summed E-state index contributed by atoms with van der Waals surface area (Å²) >= 11 is 9.59. The SMILES string of the molecule is CCc1ccc(C(NC)c2ccc(Cl)cc2Br)cc1. The zero-order chi connectivity index (χ0) is 13.8. The van der Waals surface area contributed by atoms with Crippen LogP contribution in [0.15, 0.2) is 46.9 Å². The highest BCUT2D eigenvalue weighted by Gasteiger charge is 2.14. The summed E-state index contributed by atoms with van der Waals surface area (Å²) in [6.07, 6.45) is 1.06. The summed E-state index contributed by atoms with van der Waals surface area (Å²) in [7, 11) is 1.97. The Labute approximate surface area is 128 Å². The Morgan fingerprint density at radius 3 is 2.37 bits per heavy atom. The molecule has 0 saturated heterocycles. The molecule has 0 amide bonds. The molecule has 1 nitrogen and oxygen atoms in total. The molecular formula is C16H17BrClN. The number of rotatable bonds is 4. The predicted octanol–water partition coefficient (Wildman–Crippen LogP) is 4.97.